The Labute approximate surface area is 122 Å². The van der Waals surface area contributed by atoms with E-state index in [-0.39, 0.29) is 0 Å². The minimum atomic E-state index is -0.473. The van der Waals surface area contributed by atoms with Gasteiger partial charge in [0.25, 0.3) is 0 Å². The second kappa shape index (κ2) is 5.25. The molecule has 4 nitrogen and oxygen atoms in total. The Balaban J connectivity index is 1.92. The van der Waals surface area contributed by atoms with Crippen molar-refractivity contribution in [3.8, 4) is 11.5 Å². The van der Waals surface area contributed by atoms with Crippen LogP contribution in [-0.2, 0) is 0 Å². The summed E-state index contributed by atoms with van der Waals surface area (Å²) in [7, 11) is 0. The molecule has 0 fully saturated rings. The van der Waals surface area contributed by atoms with Gasteiger partial charge in [-0.25, -0.2) is 0 Å². The Morgan fingerprint density at radius 1 is 1.05 bits per heavy atom. The van der Waals surface area contributed by atoms with Crippen LogP contribution < -0.4 is 10.5 Å². The van der Waals surface area contributed by atoms with Crippen LogP contribution in [0.5, 0.6) is 11.5 Å². The smallest absolute Gasteiger partial charge is 0.248 e. The highest BCUT2D eigenvalue weighted by Crippen LogP contribution is 2.25. The molecule has 2 N–H and O–H groups in total. The molecule has 0 saturated carbocycles. The summed E-state index contributed by atoms with van der Waals surface area (Å²) in [5.41, 5.74) is 7.59. The lowest BCUT2D eigenvalue weighted by atomic mass is 10.2. The molecule has 0 atom stereocenters. The van der Waals surface area contributed by atoms with E-state index in [9.17, 15) is 4.79 Å². The number of fused-ring (bicyclic) bond motifs is 1. The van der Waals surface area contributed by atoms with E-state index in [1.54, 1.807) is 24.3 Å². The standard InChI is InChI=1S/C17H14N2O2/c1-11-5-6-12-9-15(7-8-16(12)19-11)21-14-4-2-3-13(10-14)17(18)20/h2-10H,1H3,(H2,18,20). The predicted octanol–water partition coefficient (Wildman–Crippen LogP) is 3.43. The molecule has 21 heavy (non-hydrogen) atoms. The summed E-state index contributed by atoms with van der Waals surface area (Å²) in [4.78, 5) is 15.6. The first-order valence-corrected chi connectivity index (χ1v) is 6.57. The Bertz CT molecular complexity index is 828. The molecule has 1 amide bonds. The fourth-order valence-corrected chi connectivity index (χ4v) is 2.12. The first-order chi connectivity index (χ1) is 10.1. The van der Waals surface area contributed by atoms with Crippen molar-refractivity contribution in [3.63, 3.8) is 0 Å². The molecule has 0 saturated heterocycles. The summed E-state index contributed by atoms with van der Waals surface area (Å²) >= 11 is 0. The fraction of sp³-hybridized carbons (Fsp3) is 0.0588. The molecule has 0 radical (unpaired) electrons. The lowest BCUT2D eigenvalue weighted by molar-refractivity contribution is 0.1000. The van der Waals surface area contributed by atoms with Gasteiger partial charge in [0, 0.05) is 16.6 Å². The molecule has 0 bridgehead atoms. The molecule has 1 aromatic heterocycles. The van der Waals surface area contributed by atoms with Gasteiger partial charge in [0.1, 0.15) is 11.5 Å². The lowest BCUT2D eigenvalue weighted by Crippen LogP contribution is -2.10. The Morgan fingerprint density at radius 3 is 2.67 bits per heavy atom. The van der Waals surface area contributed by atoms with Crippen molar-refractivity contribution in [2.24, 2.45) is 5.73 Å². The van der Waals surface area contributed by atoms with Crippen LogP contribution in [0.2, 0.25) is 0 Å². The zero-order valence-corrected chi connectivity index (χ0v) is 11.5. The number of nitrogens with two attached hydrogens (primary N) is 1. The number of carbonyl (C=O) groups is 1. The average Bonchev–Trinajstić information content (AvgIpc) is 2.48. The van der Waals surface area contributed by atoms with Gasteiger partial charge in [0.15, 0.2) is 0 Å². The van der Waals surface area contributed by atoms with Crippen molar-refractivity contribution >= 4 is 16.8 Å². The van der Waals surface area contributed by atoms with Gasteiger partial charge in [-0.3, -0.25) is 9.78 Å². The highest BCUT2D eigenvalue weighted by molar-refractivity contribution is 5.93. The molecule has 0 aliphatic rings. The third-order valence-corrected chi connectivity index (χ3v) is 3.15. The number of carbonyl (C=O) groups excluding carboxylic acids is 1. The lowest BCUT2D eigenvalue weighted by Gasteiger charge is -2.08. The Kier molecular flexibility index (Phi) is 3.28. The van der Waals surface area contributed by atoms with E-state index in [1.807, 2.05) is 37.3 Å². The van der Waals surface area contributed by atoms with Crippen LogP contribution in [0.15, 0.2) is 54.6 Å². The van der Waals surface area contributed by atoms with Crippen LogP contribution in [0.4, 0.5) is 0 Å². The summed E-state index contributed by atoms with van der Waals surface area (Å²) in [6.07, 6.45) is 0. The summed E-state index contributed by atoms with van der Waals surface area (Å²) in [6, 6.07) is 16.4. The number of primary amides is 1. The fourth-order valence-electron chi connectivity index (χ4n) is 2.12. The zero-order valence-electron chi connectivity index (χ0n) is 11.5. The molecule has 3 aromatic rings. The highest BCUT2D eigenvalue weighted by Gasteiger charge is 2.04. The van der Waals surface area contributed by atoms with E-state index in [2.05, 4.69) is 4.98 Å². The first-order valence-electron chi connectivity index (χ1n) is 6.57. The molecule has 3 rings (SSSR count). The van der Waals surface area contributed by atoms with Crippen molar-refractivity contribution in [2.75, 3.05) is 0 Å². The minimum absolute atomic E-state index is 0.422. The van der Waals surface area contributed by atoms with E-state index >= 15 is 0 Å². The molecule has 0 aliphatic heterocycles. The maximum absolute atomic E-state index is 11.2. The van der Waals surface area contributed by atoms with E-state index in [0.29, 0.717) is 17.1 Å². The van der Waals surface area contributed by atoms with Gasteiger partial charge in [0.05, 0.1) is 5.52 Å². The number of pyridine rings is 1. The average molecular weight is 278 g/mol. The predicted molar refractivity (Wildman–Crippen MR) is 81.5 cm³/mol. The van der Waals surface area contributed by atoms with Crippen molar-refractivity contribution in [3.05, 3.63) is 65.9 Å². The zero-order chi connectivity index (χ0) is 14.8. The molecule has 0 spiro atoms. The van der Waals surface area contributed by atoms with Crippen LogP contribution in [0.25, 0.3) is 10.9 Å². The molecule has 104 valence electrons. The molecular weight excluding hydrogens is 264 g/mol. The number of benzene rings is 2. The SMILES string of the molecule is Cc1ccc2cc(Oc3cccc(C(N)=O)c3)ccc2n1. The van der Waals surface area contributed by atoms with E-state index in [0.717, 1.165) is 16.6 Å². The number of ether oxygens (including phenoxy) is 1. The van der Waals surface area contributed by atoms with Crippen LogP contribution in [0.1, 0.15) is 16.1 Å². The summed E-state index contributed by atoms with van der Waals surface area (Å²) in [5.74, 6) is 0.791. The molecule has 2 aromatic carbocycles. The van der Waals surface area contributed by atoms with Crippen LogP contribution in [-0.4, -0.2) is 10.9 Å². The van der Waals surface area contributed by atoms with Gasteiger partial charge in [-0.2, -0.15) is 0 Å². The molecule has 1 heterocycles. The van der Waals surface area contributed by atoms with Gasteiger partial charge in [-0.1, -0.05) is 12.1 Å². The van der Waals surface area contributed by atoms with Crippen LogP contribution in [0, 0.1) is 6.92 Å². The number of amides is 1. The largest absolute Gasteiger partial charge is 0.457 e. The Hall–Kier alpha value is -2.88. The molecule has 4 heteroatoms. The number of hydrogen-bond donors (Lipinski definition) is 1. The molecule has 0 aliphatic carbocycles. The number of nitrogens with zero attached hydrogens (tertiary/aromatic N) is 1. The number of aromatic nitrogens is 1. The second-order valence-electron chi connectivity index (χ2n) is 4.80. The van der Waals surface area contributed by atoms with E-state index in [1.165, 1.54) is 0 Å². The van der Waals surface area contributed by atoms with Crippen molar-refractivity contribution in [1.29, 1.82) is 0 Å². The van der Waals surface area contributed by atoms with Gasteiger partial charge in [-0.15, -0.1) is 0 Å². The quantitative estimate of drug-likeness (QED) is 0.798. The summed E-state index contributed by atoms with van der Waals surface area (Å²) < 4.78 is 5.77. The number of aryl methyl sites for hydroxylation is 1. The normalized spacial score (nSPS) is 10.5. The topological polar surface area (TPSA) is 65.2 Å². The van der Waals surface area contributed by atoms with Gasteiger partial charge >= 0.3 is 0 Å². The third-order valence-electron chi connectivity index (χ3n) is 3.15. The van der Waals surface area contributed by atoms with Crippen LogP contribution in [0.3, 0.4) is 0 Å². The first kappa shape index (κ1) is 13.1. The van der Waals surface area contributed by atoms with Crippen molar-refractivity contribution in [1.82, 2.24) is 4.98 Å². The maximum atomic E-state index is 11.2. The highest BCUT2D eigenvalue weighted by atomic mass is 16.5. The van der Waals surface area contributed by atoms with E-state index in [4.69, 9.17) is 10.5 Å². The van der Waals surface area contributed by atoms with Gasteiger partial charge in [-0.05, 0) is 49.4 Å². The molecular formula is C17H14N2O2. The van der Waals surface area contributed by atoms with Crippen LogP contribution >= 0.6 is 0 Å². The Morgan fingerprint density at radius 2 is 1.86 bits per heavy atom. The second-order valence-corrected chi connectivity index (χ2v) is 4.80. The van der Waals surface area contributed by atoms with Crippen molar-refractivity contribution in [2.45, 2.75) is 6.92 Å². The van der Waals surface area contributed by atoms with Gasteiger partial charge in [0.2, 0.25) is 5.91 Å². The monoisotopic (exact) mass is 278 g/mol. The molecule has 0 unspecified atom stereocenters. The number of hydrogen-bond acceptors (Lipinski definition) is 3. The van der Waals surface area contributed by atoms with Crippen molar-refractivity contribution < 1.29 is 9.53 Å². The van der Waals surface area contributed by atoms with Gasteiger partial charge < -0.3 is 10.5 Å². The summed E-state index contributed by atoms with van der Waals surface area (Å²) in [6.45, 7) is 1.96. The minimum Gasteiger partial charge on any atom is -0.457 e. The third kappa shape index (κ3) is 2.84. The maximum Gasteiger partial charge on any atom is 0.248 e. The van der Waals surface area contributed by atoms with E-state index < -0.39 is 5.91 Å². The summed E-state index contributed by atoms with van der Waals surface area (Å²) in [5, 5.41) is 1.00. The number of rotatable bonds is 3.